The molecule has 0 spiro atoms. The van der Waals surface area contributed by atoms with Gasteiger partial charge in [0.05, 0.1) is 12.7 Å². The van der Waals surface area contributed by atoms with Crippen LogP contribution in [0, 0.1) is 0 Å². The highest BCUT2D eigenvalue weighted by molar-refractivity contribution is 5.53. The maximum Gasteiger partial charge on any atom is 0.131 e. The molecular formula is C18H19NO2. The van der Waals surface area contributed by atoms with Gasteiger partial charge in [-0.25, -0.2) is 0 Å². The van der Waals surface area contributed by atoms with Gasteiger partial charge in [-0.05, 0) is 18.6 Å². The van der Waals surface area contributed by atoms with Crippen molar-refractivity contribution in [2.75, 3.05) is 19.7 Å². The summed E-state index contributed by atoms with van der Waals surface area (Å²) in [5.41, 5.74) is 2.54. The zero-order valence-corrected chi connectivity index (χ0v) is 11.9. The third kappa shape index (κ3) is 2.43. The Morgan fingerprint density at radius 1 is 0.952 bits per heavy atom. The number of ether oxygens (including phenoxy) is 2. The summed E-state index contributed by atoms with van der Waals surface area (Å²) in [6.45, 7) is 2.69. The molecule has 2 aliphatic rings. The van der Waals surface area contributed by atoms with Crippen molar-refractivity contribution < 1.29 is 9.47 Å². The van der Waals surface area contributed by atoms with Crippen LogP contribution in [0.25, 0.3) is 0 Å². The van der Waals surface area contributed by atoms with Crippen LogP contribution >= 0.6 is 0 Å². The minimum absolute atomic E-state index is 0.267. The molecule has 2 aliphatic heterocycles. The monoisotopic (exact) mass is 281 g/mol. The first-order valence-corrected chi connectivity index (χ1v) is 7.60. The number of hydrogen-bond acceptors (Lipinski definition) is 3. The van der Waals surface area contributed by atoms with E-state index in [1.54, 1.807) is 0 Å². The molecule has 0 aliphatic carbocycles. The fraction of sp³-hybridized carbons (Fsp3) is 0.333. The molecule has 1 fully saturated rings. The molecule has 0 amide bonds. The van der Waals surface area contributed by atoms with Crippen LogP contribution in [-0.4, -0.2) is 25.8 Å². The summed E-state index contributed by atoms with van der Waals surface area (Å²) in [4.78, 5) is 0. The summed E-state index contributed by atoms with van der Waals surface area (Å²) < 4.78 is 11.9. The highest BCUT2D eigenvalue weighted by Gasteiger charge is 2.29. The summed E-state index contributed by atoms with van der Waals surface area (Å²) >= 11 is 0. The molecule has 0 saturated carbocycles. The van der Waals surface area contributed by atoms with Gasteiger partial charge in [-0.2, -0.15) is 0 Å². The van der Waals surface area contributed by atoms with Crippen LogP contribution < -0.4 is 10.1 Å². The van der Waals surface area contributed by atoms with Gasteiger partial charge in [0.25, 0.3) is 0 Å². The summed E-state index contributed by atoms with van der Waals surface area (Å²) in [6, 6.07) is 16.7. The van der Waals surface area contributed by atoms with Crippen LogP contribution in [0.2, 0.25) is 0 Å². The number of para-hydroxylation sites is 2. The van der Waals surface area contributed by atoms with E-state index in [4.69, 9.17) is 9.47 Å². The van der Waals surface area contributed by atoms with Crippen LogP contribution in [0.3, 0.4) is 0 Å². The molecular weight excluding hydrogens is 262 g/mol. The van der Waals surface area contributed by atoms with E-state index in [2.05, 4.69) is 41.7 Å². The van der Waals surface area contributed by atoms with Crippen LogP contribution in [0.1, 0.15) is 23.5 Å². The first kappa shape index (κ1) is 12.9. The summed E-state index contributed by atoms with van der Waals surface area (Å²) in [7, 11) is 0. The van der Waals surface area contributed by atoms with Crippen molar-refractivity contribution in [3.05, 3.63) is 59.7 Å². The van der Waals surface area contributed by atoms with E-state index in [9.17, 15) is 0 Å². The lowest BCUT2D eigenvalue weighted by atomic mass is 9.84. The van der Waals surface area contributed by atoms with E-state index in [-0.39, 0.29) is 6.10 Å². The van der Waals surface area contributed by atoms with Gasteiger partial charge in [-0.3, -0.25) is 0 Å². The summed E-state index contributed by atoms with van der Waals surface area (Å²) in [6.07, 6.45) is 1.26. The number of rotatable bonds is 2. The van der Waals surface area contributed by atoms with Crippen molar-refractivity contribution in [1.29, 1.82) is 0 Å². The van der Waals surface area contributed by atoms with Crippen molar-refractivity contribution in [3.8, 4) is 11.5 Å². The van der Waals surface area contributed by atoms with Crippen LogP contribution in [-0.2, 0) is 4.74 Å². The fourth-order valence-electron chi connectivity index (χ4n) is 3.30. The number of fused-ring (bicyclic) bond motifs is 2. The molecule has 1 saturated heterocycles. The molecule has 21 heavy (non-hydrogen) atoms. The highest BCUT2D eigenvalue weighted by Crippen LogP contribution is 2.45. The van der Waals surface area contributed by atoms with E-state index < -0.39 is 0 Å². The number of hydrogen-bond donors (Lipinski definition) is 1. The number of nitrogens with one attached hydrogen (secondary N) is 1. The lowest BCUT2D eigenvalue weighted by Gasteiger charge is -2.32. The average molecular weight is 281 g/mol. The molecule has 2 aromatic rings. The molecule has 1 unspecified atom stereocenters. The maximum atomic E-state index is 6.04. The second kappa shape index (κ2) is 5.51. The second-order valence-corrected chi connectivity index (χ2v) is 5.66. The molecule has 3 heteroatoms. The van der Waals surface area contributed by atoms with Crippen molar-refractivity contribution in [2.24, 2.45) is 0 Å². The Labute approximate surface area is 124 Å². The molecule has 2 aromatic carbocycles. The lowest BCUT2D eigenvalue weighted by molar-refractivity contribution is 0.0208. The maximum absolute atomic E-state index is 6.04. The Morgan fingerprint density at radius 2 is 1.62 bits per heavy atom. The largest absolute Gasteiger partial charge is 0.457 e. The third-order valence-electron chi connectivity index (χ3n) is 4.31. The van der Waals surface area contributed by atoms with E-state index >= 15 is 0 Å². The molecule has 0 bridgehead atoms. The van der Waals surface area contributed by atoms with Crippen LogP contribution in [0.15, 0.2) is 48.5 Å². The van der Waals surface area contributed by atoms with Gasteiger partial charge in [0.2, 0.25) is 0 Å². The standard InChI is InChI=1S/C18H19NO2/c1-3-7-17-14(5-1)16(11-13-12-19-9-10-20-13)15-6-2-4-8-18(15)21-17/h1-8,13,16,19H,9-12H2. The fourth-order valence-corrected chi connectivity index (χ4v) is 3.30. The molecule has 1 N–H and O–H groups in total. The van der Waals surface area contributed by atoms with Gasteiger partial charge in [0.1, 0.15) is 11.5 Å². The minimum atomic E-state index is 0.267. The Balaban J connectivity index is 1.70. The van der Waals surface area contributed by atoms with Gasteiger partial charge in [-0.15, -0.1) is 0 Å². The quantitative estimate of drug-likeness (QED) is 0.916. The van der Waals surface area contributed by atoms with Crippen molar-refractivity contribution in [2.45, 2.75) is 18.4 Å². The van der Waals surface area contributed by atoms with Gasteiger partial charge in [0, 0.05) is 30.1 Å². The van der Waals surface area contributed by atoms with Crippen molar-refractivity contribution >= 4 is 0 Å². The van der Waals surface area contributed by atoms with Crippen LogP contribution in [0.5, 0.6) is 11.5 Å². The van der Waals surface area contributed by atoms with Crippen LogP contribution in [0.4, 0.5) is 0 Å². The normalized spacial score (nSPS) is 21.2. The Hall–Kier alpha value is -1.84. The zero-order chi connectivity index (χ0) is 14.1. The molecule has 1 atom stereocenters. The predicted molar refractivity (Wildman–Crippen MR) is 82.0 cm³/mol. The smallest absolute Gasteiger partial charge is 0.131 e. The van der Waals surface area contributed by atoms with Crippen molar-refractivity contribution in [1.82, 2.24) is 5.32 Å². The number of morpholine rings is 1. The van der Waals surface area contributed by atoms with E-state index in [0.717, 1.165) is 37.6 Å². The minimum Gasteiger partial charge on any atom is -0.457 e. The Bertz CT molecular complexity index is 589. The SMILES string of the molecule is c1ccc2c(c1)Oc1ccccc1C2CC1CNCCO1. The van der Waals surface area contributed by atoms with E-state index in [1.165, 1.54) is 11.1 Å². The molecule has 4 rings (SSSR count). The van der Waals surface area contributed by atoms with Gasteiger partial charge < -0.3 is 14.8 Å². The second-order valence-electron chi connectivity index (χ2n) is 5.66. The summed E-state index contributed by atoms with van der Waals surface area (Å²) in [5, 5.41) is 3.42. The molecule has 3 nitrogen and oxygen atoms in total. The van der Waals surface area contributed by atoms with Gasteiger partial charge >= 0.3 is 0 Å². The molecule has 2 heterocycles. The topological polar surface area (TPSA) is 30.5 Å². The van der Waals surface area contributed by atoms with E-state index in [0.29, 0.717) is 5.92 Å². The van der Waals surface area contributed by atoms with Gasteiger partial charge in [-0.1, -0.05) is 36.4 Å². The first-order valence-electron chi connectivity index (χ1n) is 7.60. The molecule has 108 valence electrons. The average Bonchev–Trinajstić information content (AvgIpc) is 2.55. The highest BCUT2D eigenvalue weighted by atomic mass is 16.5. The number of benzene rings is 2. The molecule has 0 aromatic heterocycles. The lowest BCUT2D eigenvalue weighted by Crippen LogP contribution is -2.39. The Kier molecular flexibility index (Phi) is 3.37. The predicted octanol–water partition coefficient (Wildman–Crippen LogP) is 3.30. The van der Waals surface area contributed by atoms with Crippen molar-refractivity contribution in [3.63, 3.8) is 0 Å². The Morgan fingerprint density at radius 3 is 2.24 bits per heavy atom. The zero-order valence-electron chi connectivity index (χ0n) is 11.9. The van der Waals surface area contributed by atoms with E-state index in [1.807, 2.05) is 12.1 Å². The van der Waals surface area contributed by atoms with Gasteiger partial charge in [0.15, 0.2) is 0 Å². The molecule has 0 radical (unpaired) electrons. The first-order chi connectivity index (χ1) is 10.4. The summed E-state index contributed by atoms with van der Waals surface area (Å²) in [5.74, 6) is 2.30. The third-order valence-corrected chi connectivity index (χ3v) is 4.31.